The van der Waals surface area contributed by atoms with E-state index >= 15 is 0 Å². The molecule has 12 heteroatoms. The van der Waals surface area contributed by atoms with Gasteiger partial charge in [-0.15, -0.1) is 5.10 Å². The predicted octanol–water partition coefficient (Wildman–Crippen LogP) is 1.71. The minimum Gasteiger partial charge on any atom is -0.711 e. The van der Waals surface area contributed by atoms with Crippen molar-refractivity contribution in [1.29, 1.82) is 0 Å². The van der Waals surface area contributed by atoms with Crippen molar-refractivity contribution in [3.63, 3.8) is 0 Å². The van der Waals surface area contributed by atoms with E-state index in [-0.39, 0.29) is 22.2 Å². The Morgan fingerprint density at radius 3 is 2.69 bits per heavy atom. The zero-order valence-corrected chi connectivity index (χ0v) is 18.1. The summed E-state index contributed by atoms with van der Waals surface area (Å²) in [5.74, 6) is 0.537. The molecule has 0 aliphatic heterocycles. The number of hydrogen-bond acceptors (Lipinski definition) is 7. The number of pyridine rings is 2. The standard InChI is InChI=1S/C17H16BrN7O3S/c1-4-29(27,28)12-5-6-13(24-9-19-17(18)22-24)21-14(12)15-20-11-7-10(2)8-25(26)16(11)23(15)3/h5-9H,4H2,1-3H3. The molecule has 0 bridgehead atoms. The van der Waals surface area contributed by atoms with Crippen LogP contribution in [0.25, 0.3) is 28.5 Å². The average Bonchev–Trinajstić information content (AvgIpc) is 3.24. The van der Waals surface area contributed by atoms with Gasteiger partial charge in [0.1, 0.15) is 6.33 Å². The molecule has 4 rings (SSSR count). The van der Waals surface area contributed by atoms with Crippen molar-refractivity contribution in [2.24, 2.45) is 7.05 Å². The van der Waals surface area contributed by atoms with Gasteiger partial charge >= 0.3 is 5.65 Å². The summed E-state index contributed by atoms with van der Waals surface area (Å²) in [5, 5.41) is 16.5. The van der Waals surface area contributed by atoms with E-state index in [4.69, 9.17) is 0 Å². The Hall–Kier alpha value is -2.86. The monoisotopic (exact) mass is 477 g/mol. The second-order valence-electron chi connectivity index (χ2n) is 6.42. The van der Waals surface area contributed by atoms with Gasteiger partial charge in [-0.3, -0.25) is 0 Å². The summed E-state index contributed by atoms with van der Waals surface area (Å²) in [5.41, 5.74) is 1.65. The van der Waals surface area contributed by atoms with Crippen LogP contribution < -0.4 is 4.73 Å². The lowest BCUT2D eigenvalue weighted by molar-refractivity contribution is -0.580. The van der Waals surface area contributed by atoms with E-state index in [9.17, 15) is 13.6 Å². The van der Waals surface area contributed by atoms with Gasteiger partial charge in [0.2, 0.25) is 10.6 Å². The summed E-state index contributed by atoms with van der Waals surface area (Å²) in [6, 6.07) is 4.79. The highest BCUT2D eigenvalue weighted by atomic mass is 79.9. The number of aromatic nitrogens is 7. The topological polar surface area (TPSA) is 122 Å². The highest BCUT2D eigenvalue weighted by Crippen LogP contribution is 2.29. The third-order valence-electron chi connectivity index (χ3n) is 4.45. The first kappa shape index (κ1) is 19.5. The first-order chi connectivity index (χ1) is 13.7. The Bertz CT molecular complexity index is 1360. The molecule has 0 atom stereocenters. The van der Waals surface area contributed by atoms with Gasteiger partial charge in [0.05, 0.1) is 23.9 Å². The van der Waals surface area contributed by atoms with Crippen LogP contribution in [0.15, 0.2) is 40.4 Å². The number of rotatable bonds is 4. The molecule has 0 unspecified atom stereocenters. The van der Waals surface area contributed by atoms with Crippen LogP contribution in [0.5, 0.6) is 0 Å². The van der Waals surface area contributed by atoms with Crippen molar-refractivity contribution in [2.75, 3.05) is 5.75 Å². The summed E-state index contributed by atoms with van der Waals surface area (Å²) in [4.78, 5) is 13.1. The summed E-state index contributed by atoms with van der Waals surface area (Å²) in [6.07, 6.45) is 2.89. The van der Waals surface area contributed by atoms with Crippen LogP contribution in [-0.2, 0) is 16.9 Å². The second kappa shape index (κ2) is 6.88. The summed E-state index contributed by atoms with van der Waals surface area (Å²) in [7, 11) is -1.95. The molecule has 0 saturated carbocycles. The highest BCUT2D eigenvalue weighted by Gasteiger charge is 2.28. The molecule has 0 saturated heterocycles. The SMILES string of the molecule is CCS(=O)(=O)c1ccc(-n2cnc(Br)n2)nc1-c1nc2cc(C)c[n+]([O-])c2n1C. The fourth-order valence-corrected chi connectivity index (χ4v) is 4.34. The Morgan fingerprint density at radius 2 is 2.03 bits per heavy atom. The Labute approximate surface area is 174 Å². The van der Waals surface area contributed by atoms with Gasteiger partial charge in [-0.1, -0.05) is 6.92 Å². The van der Waals surface area contributed by atoms with Crippen molar-refractivity contribution in [3.8, 4) is 17.3 Å². The van der Waals surface area contributed by atoms with E-state index in [1.165, 1.54) is 23.3 Å². The Morgan fingerprint density at radius 1 is 1.28 bits per heavy atom. The van der Waals surface area contributed by atoms with Gasteiger partial charge in [0, 0.05) is 0 Å². The van der Waals surface area contributed by atoms with Crippen LogP contribution in [-0.4, -0.2) is 43.5 Å². The predicted molar refractivity (Wildman–Crippen MR) is 108 cm³/mol. The largest absolute Gasteiger partial charge is 0.711 e. The fourth-order valence-electron chi connectivity index (χ4n) is 3.06. The van der Waals surface area contributed by atoms with Crippen LogP contribution in [0.4, 0.5) is 0 Å². The quantitative estimate of drug-likeness (QED) is 0.323. The van der Waals surface area contributed by atoms with Gasteiger partial charge in [0.25, 0.3) is 0 Å². The molecule has 0 aliphatic carbocycles. The van der Waals surface area contributed by atoms with Crippen LogP contribution in [0.3, 0.4) is 0 Å². The molecule has 29 heavy (non-hydrogen) atoms. The molecule has 0 radical (unpaired) electrons. The zero-order valence-electron chi connectivity index (χ0n) is 15.7. The van der Waals surface area contributed by atoms with Crippen molar-refractivity contribution in [2.45, 2.75) is 18.7 Å². The molecule has 0 aliphatic rings. The second-order valence-corrected chi connectivity index (χ2v) is 9.38. The lowest BCUT2D eigenvalue weighted by Gasteiger charge is -2.09. The average molecular weight is 478 g/mol. The third-order valence-corrected chi connectivity index (χ3v) is 6.58. The summed E-state index contributed by atoms with van der Waals surface area (Å²) >= 11 is 3.18. The molecule has 0 spiro atoms. The third kappa shape index (κ3) is 3.27. The normalized spacial score (nSPS) is 12.0. The van der Waals surface area contributed by atoms with Crippen LogP contribution in [0.2, 0.25) is 0 Å². The van der Waals surface area contributed by atoms with Gasteiger partial charge in [-0.05, 0) is 46.6 Å². The van der Waals surface area contributed by atoms with E-state index < -0.39 is 9.84 Å². The van der Waals surface area contributed by atoms with Crippen molar-refractivity contribution < 1.29 is 13.1 Å². The number of sulfone groups is 1. The molecule has 10 nitrogen and oxygen atoms in total. The van der Waals surface area contributed by atoms with Crippen molar-refractivity contribution in [3.05, 3.63) is 46.2 Å². The lowest BCUT2D eigenvalue weighted by Crippen LogP contribution is -2.28. The maximum absolute atomic E-state index is 12.7. The molecular weight excluding hydrogens is 462 g/mol. The van der Waals surface area contributed by atoms with Crippen molar-refractivity contribution >= 4 is 36.9 Å². The Kier molecular flexibility index (Phi) is 4.62. The Balaban J connectivity index is 2.04. The van der Waals surface area contributed by atoms with Crippen molar-refractivity contribution in [1.82, 2.24) is 29.3 Å². The van der Waals surface area contributed by atoms with E-state index in [0.717, 1.165) is 5.56 Å². The van der Waals surface area contributed by atoms with Gasteiger partial charge in [-0.25, -0.2) is 32.4 Å². The molecule has 4 heterocycles. The number of imidazole rings is 1. The van der Waals surface area contributed by atoms with Gasteiger partial charge < -0.3 is 5.21 Å². The van der Waals surface area contributed by atoms with E-state index in [1.54, 1.807) is 37.6 Å². The number of aryl methyl sites for hydroxylation is 2. The first-order valence-corrected chi connectivity index (χ1v) is 11.0. The number of halogens is 1. The molecule has 4 aromatic heterocycles. The molecule has 0 fully saturated rings. The minimum absolute atomic E-state index is 0.0375. The number of nitrogens with zero attached hydrogens (tertiary/aromatic N) is 7. The van der Waals surface area contributed by atoms with Crippen LogP contribution in [0.1, 0.15) is 12.5 Å². The maximum Gasteiger partial charge on any atom is 0.312 e. The number of hydrogen-bond donors (Lipinski definition) is 0. The van der Waals surface area contributed by atoms with E-state index in [1.807, 2.05) is 0 Å². The van der Waals surface area contributed by atoms with Crippen LogP contribution >= 0.6 is 15.9 Å². The fraction of sp³-hybridized carbons (Fsp3) is 0.235. The lowest BCUT2D eigenvalue weighted by atomic mass is 10.3. The number of fused-ring (bicyclic) bond motifs is 1. The molecular formula is C17H16BrN7O3S. The van der Waals surface area contributed by atoms with E-state index in [0.29, 0.717) is 26.4 Å². The van der Waals surface area contributed by atoms with Gasteiger partial charge in [0.15, 0.2) is 26.9 Å². The minimum atomic E-state index is -3.60. The smallest absolute Gasteiger partial charge is 0.312 e. The molecule has 0 aromatic carbocycles. The summed E-state index contributed by atoms with van der Waals surface area (Å²) < 4.78 is 29.5. The zero-order chi connectivity index (χ0) is 20.9. The molecule has 0 amide bonds. The first-order valence-electron chi connectivity index (χ1n) is 8.59. The highest BCUT2D eigenvalue weighted by molar-refractivity contribution is 9.10. The summed E-state index contributed by atoms with van der Waals surface area (Å²) in [6.45, 7) is 3.35. The molecule has 4 aromatic rings. The molecule has 0 N–H and O–H groups in total. The van der Waals surface area contributed by atoms with Crippen LogP contribution in [0, 0.1) is 12.1 Å². The maximum atomic E-state index is 12.7. The van der Waals surface area contributed by atoms with Gasteiger partial charge in [-0.2, -0.15) is 4.98 Å². The molecule has 150 valence electrons. The van der Waals surface area contributed by atoms with E-state index in [2.05, 4.69) is 36.0 Å².